The zero-order valence-corrected chi connectivity index (χ0v) is 4.79. The predicted octanol–water partition coefficient (Wildman–Crippen LogP) is 0.591. The van der Waals surface area contributed by atoms with Gasteiger partial charge >= 0.3 is 0 Å². The summed E-state index contributed by atoms with van der Waals surface area (Å²) in [5.41, 5.74) is 0. The van der Waals surface area contributed by atoms with Gasteiger partial charge in [-0.2, -0.15) is 0 Å². The van der Waals surface area contributed by atoms with Gasteiger partial charge in [-0.1, -0.05) is 14.9 Å². The Hall–Kier alpha value is -0.410. The molecule has 0 aliphatic rings. The van der Waals surface area contributed by atoms with E-state index in [0.717, 1.165) is 0 Å². The molecule has 0 saturated carbocycles. The second-order valence-electron chi connectivity index (χ2n) is 1.74. The van der Waals surface area contributed by atoms with Crippen molar-refractivity contribution in [1.29, 1.82) is 0 Å². The van der Waals surface area contributed by atoms with E-state index in [9.17, 15) is 4.79 Å². The lowest BCUT2D eigenvalue weighted by molar-refractivity contribution is -0.119. The standard InChI is InChI=1S/C5H10O3.2CH4/c1-4(7)2-5(8)3-6;;/h5-6,8H,2-3H2,1H3;2*1H4. The largest absolute Gasteiger partial charge is 0.394 e. The summed E-state index contributed by atoms with van der Waals surface area (Å²) in [5.74, 6) is -0.105. The van der Waals surface area contributed by atoms with E-state index >= 15 is 0 Å². The first-order valence-corrected chi connectivity index (χ1v) is 2.45. The van der Waals surface area contributed by atoms with Crippen molar-refractivity contribution in [3.63, 3.8) is 0 Å². The molecule has 0 spiro atoms. The average Bonchev–Trinajstić information content (AvgIpc) is 1.65. The number of carbonyl (C=O) groups excluding carboxylic acids is 1. The molecule has 0 bridgehead atoms. The Labute approximate surface area is 62.7 Å². The van der Waals surface area contributed by atoms with Crippen molar-refractivity contribution in [3.8, 4) is 0 Å². The molecule has 3 nitrogen and oxygen atoms in total. The van der Waals surface area contributed by atoms with Crippen LogP contribution in [0.1, 0.15) is 28.2 Å². The van der Waals surface area contributed by atoms with Crippen molar-refractivity contribution in [2.45, 2.75) is 34.3 Å². The Morgan fingerprint density at radius 3 is 2.00 bits per heavy atom. The highest BCUT2D eigenvalue weighted by atomic mass is 16.3. The van der Waals surface area contributed by atoms with Crippen LogP contribution >= 0.6 is 0 Å². The fourth-order valence-electron chi connectivity index (χ4n) is 0.396. The van der Waals surface area contributed by atoms with Crippen LogP contribution in [-0.2, 0) is 4.79 Å². The molecule has 0 aromatic heterocycles. The molecular formula is C7H18O3. The van der Waals surface area contributed by atoms with Crippen LogP contribution in [-0.4, -0.2) is 28.7 Å². The number of hydrogen-bond donors (Lipinski definition) is 2. The van der Waals surface area contributed by atoms with E-state index < -0.39 is 6.10 Å². The summed E-state index contributed by atoms with van der Waals surface area (Å²) in [5, 5.41) is 16.7. The fraction of sp³-hybridized carbons (Fsp3) is 0.857. The smallest absolute Gasteiger partial charge is 0.132 e. The third kappa shape index (κ3) is 10.5. The van der Waals surface area contributed by atoms with Gasteiger partial charge in [-0.15, -0.1) is 0 Å². The highest BCUT2D eigenvalue weighted by Gasteiger charge is 2.03. The molecule has 0 heterocycles. The van der Waals surface area contributed by atoms with Crippen LogP contribution in [0.3, 0.4) is 0 Å². The molecule has 0 rings (SSSR count). The highest BCUT2D eigenvalue weighted by Crippen LogP contribution is 1.88. The zero-order chi connectivity index (χ0) is 6.57. The van der Waals surface area contributed by atoms with Crippen molar-refractivity contribution in [1.82, 2.24) is 0 Å². The van der Waals surface area contributed by atoms with Gasteiger partial charge in [0.1, 0.15) is 5.78 Å². The van der Waals surface area contributed by atoms with Gasteiger partial charge < -0.3 is 10.2 Å². The molecule has 0 radical (unpaired) electrons. The zero-order valence-electron chi connectivity index (χ0n) is 4.79. The minimum Gasteiger partial charge on any atom is -0.394 e. The Kier molecular flexibility index (Phi) is 14.0. The minimum atomic E-state index is -0.868. The molecule has 3 heteroatoms. The summed E-state index contributed by atoms with van der Waals surface area (Å²) in [4.78, 5) is 10.1. The summed E-state index contributed by atoms with van der Waals surface area (Å²) in [6, 6.07) is 0. The van der Waals surface area contributed by atoms with Crippen molar-refractivity contribution in [2.75, 3.05) is 6.61 Å². The summed E-state index contributed by atoms with van der Waals surface area (Å²) in [6.45, 7) is 1.04. The van der Waals surface area contributed by atoms with Crippen LogP contribution in [0.5, 0.6) is 0 Å². The molecule has 10 heavy (non-hydrogen) atoms. The molecule has 0 amide bonds. The fourth-order valence-corrected chi connectivity index (χ4v) is 0.396. The summed E-state index contributed by atoms with van der Waals surface area (Å²) < 4.78 is 0. The lowest BCUT2D eigenvalue weighted by Gasteiger charge is -2.00. The van der Waals surface area contributed by atoms with Gasteiger partial charge in [-0.25, -0.2) is 0 Å². The third-order valence-electron chi connectivity index (χ3n) is 0.734. The van der Waals surface area contributed by atoms with Crippen molar-refractivity contribution >= 4 is 5.78 Å². The summed E-state index contributed by atoms with van der Waals surface area (Å²) >= 11 is 0. The second-order valence-corrected chi connectivity index (χ2v) is 1.74. The molecule has 0 aliphatic carbocycles. The number of rotatable bonds is 3. The van der Waals surface area contributed by atoms with Crippen molar-refractivity contribution in [2.24, 2.45) is 0 Å². The van der Waals surface area contributed by atoms with Crippen LogP contribution in [0.4, 0.5) is 0 Å². The first kappa shape index (κ1) is 16.3. The number of ketones is 1. The van der Waals surface area contributed by atoms with Gasteiger partial charge in [-0.3, -0.25) is 4.79 Å². The molecule has 0 aromatic carbocycles. The number of hydrogen-bond acceptors (Lipinski definition) is 3. The Balaban J connectivity index is -0.000000245. The minimum absolute atomic E-state index is 0. The second kappa shape index (κ2) is 8.59. The molecule has 0 aromatic rings. The Morgan fingerprint density at radius 1 is 1.50 bits per heavy atom. The van der Waals surface area contributed by atoms with E-state index in [2.05, 4.69) is 0 Å². The third-order valence-corrected chi connectivity index (χ3v) is 0.734. The SMILES string of the molecule is C.C.CC(=O)CC(O)CO. The molecule has 1 atom stereocenters. The predicted molar refractivity (Wildman–Crippen MR) is 41.9 cm³/mol. The van der Waals surface area contributed by atoms with Gasteiger partial charge in [0.25, 0.3) is 0 Å². The van der Waals surface area contributed by atoms with E-state index in [1.165, 1.54) is 6.92 Å². The summed E-state index contributed by atoms with van der Waals surface area (Å²) in [7, 11) is 0. The van der Waals surface area contributed by atoms with Gasteiger partial charge in [0, 0.05) is 6.42 Å². The molecule has 1 unspecified atom stereocenters. The maximum Gasteiger partial charge on any atom is 0.132 e. The molecule has 0 aliphatic heterocycles. The maximum absolute atomic E-state index is 10.1. The molecule has 0 saturated heterocycles. The number of Topliss-reactive ketones (excluding diaryl/α,β-unsaturated/α-hetero) is 1. The topological polar surface area (TPSA) is 57.5 Å². The lowest BCUT2D eigenvalue weighted by Crippen LogP contribution is -2.15. The quantitative estimate of drug-likeness (QED) is 0.619. The van der Waals surface area contributed by atoms with Gasteiger partial charge in [0.15, 0.2) is 0 Å². The van der Waals surface area contributed by atoms with Gasteiger partial charge in [0.05, 0.1) is 12.7 Å². The van der Waals surface area contributed by atoms with Crippen molar-refractivity contribution < 1.29 is 15.0 Å². The lowest BCUT2D eigenvalue weighted by atomic mass is 10.2. The number of aliphatic hydroxyl groups is 2. The Bertz CT molecular complexity index is 80.9. The van der Waals surface area contributed by atoms with E-state index in [4.69, 9.17) is 10.2 Å². The Morgan fingerprint density at radius 2 is 1.90 bits per heavy atom. The number of carbonyl (C=O) groups is 1. The summed E-state index contributed by atoms with van der Waals surface area (Å²) in [6.07, 6.45) is -0.816. The first-order valence-electron chi connectivity index (χ1n) is 2.45. The highest BCUT2D eigenvalue weighted by molar-refractivity contribution is 5.75. The van der Waals surface area contributed by atoms with Crippen LogP contribution in [0, 0.1) is 0 Å². The van der Waals surface area contributed by atoms with Gasteiger partial charge in [-0.05, 0) is 6.92 Å². The van der Waals surface area contributed by atoms with E-state index in [1.807, 2.05) is 0 Å². The molecule has 0 fully saturated rings. The molecular weight excluding hydrogens is 132 g/mol. The van der Waals surface area contributed by atoms with Crippen molar-refractivity contribution in [3.05, 3.63) is 0 Å². The van der Waals surface area contributed by atoms with E-state index in [-0.39, 0.29) is 33.7 Å². The molecule has 64 valence electrons. The van der Waals surface area contributed by atoms with E-state index in [1.54, 1.807) is 0 Å². The molecule has 2 N–H and O–H groups in total. The van der Waals surface area contributed by atoms with Crippen LogP contribution < -0.4 is 0 Å². The monoisotopic (exact) mass is 150 g/mol. The number of aliphatic hydroxyl groups excluding tert-OH is 2. The first-order chi connectivity index (χ1) is 3.66. The van der Waals surface area contributed by atoms with Gasteiger partial charge in [0.2, 0.25) is 0 Å². The van der Waals surface area contributed by atoms with Crippen LogP contribution in [0.2, 0.25) is 0 Å². The maximum atomic E-state index is 10.1. The van der Waals surface area contributed by atoms with Crippen LogP contribution in [0.25, 0.3) is 0 Å². The van der Waals surface area contributed by atoms with E-state index in [0.29, 0.717) is 0 Å². The normalized spacial score (nSPS) is 10.7. The van der Waals surface area contributed by atoms with Crippen LogP contribution in [0.15, 0.2) is 0 Å². The average molecular weight is 150 g/mol.